The summed E-state index contributed by atoms with van der Waals surface area (Å²) < 4.78 is 27.5. The minimum absolute atomic E-state index is 0.0668. The molecule has 160 valence electrons. The fourth-order valence-electron chi connectivity index (χ4n) is 4.40. The Labute approximate surface area is 183 Å². The maximum Gasteiger partial charge on any atom is 0.264 e. The van der Waals surface area contributed by atoms with Crippen molar-refractivity contribution < 1.29 is 13.2 Å². The van der Waals surface area contributed by atoms with Gasteiger partial charge in [-0.1, -0.05) is 61.9 Å². The van der Waals surface area contributed by atoms with Crippen molar-refractivity contribution >= 4 is 32.4 Å². The van der Waals surface area contributed by atoms with Gasteiger partial charge in [0.25, 0.3) is 15.9 Å². The highest BCUT2D eigenvalue weighted by molar-refractivity contribution is 7.90. The van der Waals surface area contributed by atoms with Crippen molar-refractivity contribution in [3.05, 3.63) is 83.6 Å². The first-order valence-corrected chi connectivity index (χ1v) is 11.8. The Balaban J connectivity index is 1.73. The number of nitrogens with one attached hydrogen (secondary N) is 1. The second-order valence-electron chi connectivity index (χ2n) is 8.36. The number of hydrogen-bond acceptors (Lipinski definition) is 4. The van der Waals surface area contributed by atoms with E-state index >= 15 is 0 Å². The Bertz CT molecular complexity index is 1310. The molecule has 0 saturated carbocycles. The number of fused-ring (bicyclic) bond motifs is 3. The number of allylic oxidation sites excluding steroid dienone is 1. The number of aryl methyl sites for hydroxylation is 1. The number of carbonyl (C=O) groups is 1. The number of benzene rings is 3. The molecular formula is C25H26N2O3S. The van der Waals surface area contributed by atoms with Gasteiger partial charge in [0.15, 0.2) is 0 Å². The molecule has 3 aromatic rings. The standard InChI is InChI=1S/C25H26N2O3S/c1-5-27-21-15-12-18-8-6-7-9-20(18)24(21)25(3,4)22(27)16-23(28)26-31(29,30)19-13-10-17(2)11-14-19/h6-16H,5H2,1-4H3,(H,26,28)/b22-16+. The zero-order valence-corrected chi connectivity index (χ0v) is 19.0. The molecule has 0 radical (unpaired) electrons. The number of anilines is 1. The van der Waals surface area contributed by atoms with E-state index in [4.69, 9.17) is 0 Å². The fourth-order valence-corrected chi connectivity index (χ4v) is 5.33. The van der Waals surface area contributed by atoms with Crippen LogP contribution in [-0.2, 0) is 20.2 Å². The molecule has 0 spiro atoms. The molecule has 4 rings (SSSR count). The van der Waals surface area contributed by atoms with Crippen LogP contribution in [0.5, 0.6) is 0 Å². The van der Waals surface area contributed by atoms with Crippen LogP contribution in [0.15, 0.2) is 77.3 Å². The summed E-state index contributed by atoms with van der Waals surface area (Å²) in [5.74, 6) is -0.654. The van der Waals surface area contributed by atoms with E-state index in [1.807, 2.05) is 26.0 Å². The monoisotopic (exact) mass is 434 g/mol. The van der Waals surface area contributed by atoms with Gasteiger partial charge in [0.05, 0.1) is 4.90 Å². The van der Waals surface area contributed by atoms with E-state index in [2.05, 4.69) is 47.7 Å². The molecule has 31 heavy (non-hydrogen) atoms. The van der Waals surface area contributed by atoms with Gasteiger partial charge < -0.3 is 4.90 Å². The van der Waals surface area contributed by atoms with Gasteiger partial charge in [0, 0.05) is 29.4 Å². The van der Waals surface area contributed by atoms with Crippen LogP contribution < -0.4 is 9.62 Å². The van der Waals surface area contributed by atoms with Gasteiger partial charge in [0.2, 0.25) is 0 Å². The van der Waals surface area contributed by atoms with E-state index in [1.54, 1.807) is 12.1 Å². The third-order valence-corrected chi connectivity index (χ3v) is 7.27. The molecule has 3 aromatic carbocycles. The van der Waals surface area contributed by atoms with E-state index in [-0.39, 0.29) is 4.90 Å². The van der Waals surface area contributed by atoms with Crippen LogP contribution in [0, 0.1) is 6.92 Å². The quantitative estimate of drug-likeness (QED) is 0.607. The predicted octanol–water partition coefficient (Wildman–Crippen LogP) is 4.65. The largest absolute Gasteiger partial charge is 0.344 e. The molecule has 0 unspecified atom stereocenters. The maximum absolute atomic E-state index is 12.8. The molecule has 1 amide bonds. The Morgan fingerprint density at radius 1 is 1.03 bits per heavy atom. The number of amides is 1. The number of nitrogens with zero attached hydrogens (tertiary/aromatic N) is 1. The Kier molecular flexibility index (Phi) is 5.13. The van der Waals surface area contributed by atoms with Crippen LogP contribution in [0.2, 0.25) is 0 Å². The summed E-state index contributed by atoms with van der Waals surface area (Å²) in [6.07, 6.45) is 1.42. The average molecular weight is 435 g/mol. The first-order chi connectivity index (χ1) is 14.6. The number of carbonyl (C=O) groups excluding carboxylic acids is 1. The van der Waals surface area contributed by atoms with Crippen LogP contribution in [0.25, 0.3) is 10.8 Å². The van der Waals surface area contributed by atoms with Crippen molar-refractivity contribution in [1.82, 2.24) is 4.72 Å². The highest BCUT2D eigenvalue weighted by atomic mass is 32.2. The molecule has 1 heterocycles. The first kappa shape index (κ1) is 21.1. The lowest BCUT2D eigenvalue weighted by Gasteiger charge is -2.26. The van der Waals surface area contributed by atoms with Crippen molar-refractivity contribution in [2.45, 2.75) is 38.0 Å². The van der Waals surface area contributed by atoms with E-state index < -0.39 is 21.3 Å². The average Bonchev–Trinajstić information content (AvgIpc) is 2.94. The van der Waals surface area contributed by atoms with Crippen molar-refractivity contribution in [1.29, 1.82) is 0 Å². The van der Waals surface area contributed by atoms with Gasteiger partial charge in [-0.15, -0.1) is 0 Å². The van der Waals surface area contributed by atoms with Gasteiger partial charge in [-0.2, -0.15) is 0 Å². The minimum Gasteiger partial charge on any atom is -0.344 e. The van der Waals surface area contributed by atoms with Crippen LogP contribution in [0.4, 0.5) is 5.69 Å². The van der Waals surface area contributed by atoms with Crippen LogP contribution in [-0.4, -0.2) is 20.9 Å². The molecular weight excluding hydrogens is 408 g/mol. The van der Waals surface area contributed by atoms with Crippen molar-refractivity contribution in [3.8, 4) is 0 Å². The molecule has 0 atom stereocenters. The van der Waals surface area contributed by atoms with Crippen LogP contribution in [0.3, 0.4) is 0 Å². The lowest BCUT2D eigenvalue weighted by molar-refractivity contribution is -0.114. The van der Waals surface area contributed by atoms with E-state index in [0.717, 1.165) is 33.3 Å². The molecule has 5 nitrogen and oxygen atoms in total. The Morgan fingerprint density at radius 2 is 1.71 bits per heavy atom. The van der Waals surface area contributed by atoms with E-state index in [0.29, 0.717) is 6.54 Å². The number of hydrogen-bond donors (Lipinski definition) is 1. The summed E-state index contributed by atoms with van der Waals surface area (Å²) >= 11 is 0. The summed E-state index contributed by atoms with van der Waals surface area (Å²) in [6.45, 7) is 8.71. The topological polar surface area (TPSA) is 66.5 Å². The summed E-state index contributed by atoms with van der Waals surface area (Å²) in [6, 6.07) is 18.7. The zero-order valence-electron chi connectivity index (χ0n) is 18.1. The normalized spacial score (nSPS) is 16.5. The van der Waals surface area contributed by atoms with Gasteiger partial charge in [0.1, 0.15) is 0 Å². The summed E-state index contributed by atoms with van der Waals surface area (Å²) in [7, 11) is -3.94. The van der Waals surface area contributed by atoms with E-state index in [1.165, 1.54) is 18.2 Å². The molecule has 0 fully saturated rings. The number of sulfonamides is 1. The second kappa shape index (κ2) is 7.54. The second-order valence-corrected chi connectivity index (χ2v) is 10.0. The Hall–Kier alpha value is -3.12. The fraction of sp³-hybridized carbons (Fsp3) is 0.240. The van der Waals surface area contributed by atoms with Crippen molar-refractivity contribution in [2.75, 3.05) is 11.4 Å². The lowest BCUT2D eigenvalue weighted by Crippen LogP contribution is -2.33. The number of likely N-dealkylation sites (N-methyl/N-ethyl adjacent to an activating group) is 1. The van der Waals surface area contributed by atoms with Crippen LogP contribution >= 0.6 is 0 Å². The number of rotatable bonds is 4. The third-order valence-electron chi connectivity index (χ3n) is 5.90. The highest BCUT2D eigenvalue weighted by Crippen LogP contribution is 2.50. The van der Waals surface area contributed by atoms with Crippen molar-refractivity contribution in [2.24, 2.45) is 0 Å². The zero-order chi connectivity index (χ0) is 22.4. The first-order valence-electron chi connectivity index (χ1n) is 10.3. The SMILES string of the molecule is CCN1/C(=C/C(=O)NS(=O)(=O)c2ccc(C)cc2)C(C)(C)c2c1ccc1ccccc21. The van der Waals surface area contributed by atoms with Gasteiger partial charge in [-0.05, 0) is 48.4 Å². The van der Waals surface area contributed by atoms with Gasteiger partial charge in [-0.25, -0.2) is 13.1 Å². The summed E-state index contributed by atoms with van der Waals surface area (Å²) in [5, 5.41) is 2.28. The lowest BCUT2D eigenvalue weighted by atomic mass is 9.81. The molecule has 0 bridgehead atoms. The van der Waals surface area contributed by atoms with Gasteiger partial charge >= 0.3 is 0 Å². The minimum atomic E-state index is -3.94. The molecule has 0 aromatic heterocycles. The summed E-state index contributed by atoms with van der Waals surface area (Å²) in [4.78, 5) is 15.0. The Morgan fingerprint density at radius 3 is 2.39 bits per heavy atom. The smallest absolute Gasteiger partial charge is 0.264 e. The van der Waals surface area contributed by atoms with Crippen molar-refractivity contribution in [3.63, 3.8) is 0 Å². The summed E-state index contributed by atoms with van der Waals surface area (Å²) in [5.41, 5.74) is 3.46. The highest BCUT2D eigenvalue weighted by Gasteiger charge is 2.41. The third kappa shape index (κ3) is 3.61. The molecule has 1 aliphatic rings. The molecule has 0 saturated heterocycles. The molecule has 1 N–H and O–H groups in total. The predicted molar refractivity (Wildman–Crippen MR) is 125 cm³/mol. The maximum atomic E-state index is 12.8. The van der Waals surface area contributed by atoms with Crippen LogP contribution in [0.1, 0.15) is 31.9 Å². The van der Waals surface area contributed by atoms with Gasteiger partial charge in [-0.3, -0.25) is 4.79 Å². The van der Waals surface area contributed by atoms with E-state index in [9.17, 15) is 13.2 Å². The molecule has 6 heteroatoms. The molecule has 0 aliphatic carbocycles. The molecule has 1 aliphatic heterocycles.